The SMILES string of the molecule is Cn1cnc(C(=O)[As](Cc2cccc(OC(F)(F)F)c2)CC2C3CN(C(=O)OC(C)(C)C)CC32)c1. The summed E-state index contributed by atoms with van der Waals surface area (Å²) >= 11 is -2.25. The molecule has 1 saturated carbocycles. The number of benzene rings is 1. The van der Waals surface area contributed by atoms with E-state index in [4.69, 9.17) is 4.74 Å². The predicted molar refractivity (Wildman–Crippen MR) is 123 cm³/mol. The van der Waals surface area contributed by atoms with E-state index in [9.17, 15) is 22.8 Å². The molecule has 2 heterocycles. The van der Waals surface area contributed by atoms with E-state index in [-0.39, 0.29) is 16.4 Å². The summed E-state index contributed by atoms with van der Waals surface area (Å²) in [5.41, 5.74) is 0.495. The van der Waals surface area contributed by atoms with Crippen LogP contribution in [0.5, 0.6) is 5.75 Å². The fourth-order valence-corrected chi connectivity index (χ4v) is 10.00. The Balaban J connectivity index is 1.44. The van der Waals surface area contributed by atoms with Crippen LogP contribution in [-0.2, 0) is 17.0 Å². The molecule has 2 aromatic rings. The summed E-state index contributed by atoms with van der Waals surface area (Å²) in [5, 5.41) is 1.15. The first-order valence-corrected chi connectivity index (χ1v) is 15.0. The average molecular weight is 555 g/mol. The van der Waals surface area contributed by atoms with Crippen LogP contribution in [0.25, 0.3) is 0 Å². The number of hydrogen-bond donors (Lipinski definition) is 0. The van der Waals surface area contributed by atoms with E-state index in [1.54, 1.807) is 35.1 Å². The first kappa shape index (κ1) is 25.6. The summed E-state index contributed by atoms with van der Waals surface area (Å²) in [6.07, 6.45) is -1.83. The van der Waals surface area contributed by atoms with Gasteiger partial charge in [0, 0.05) is 0 Å². The molecule has 4 rings (SSSR count). The average Bonchev–Trinajstić information content (AvgIpc) is 3.07. The Labute approximate surface area is 206 Å². The Hall–Kier alpha value is -2.48. The van der Waals surface area contributed by atoms with Crippen molar-refractivity contribution in [2.24, 2.45) is 24.8 Å². The van der Waals surface area contributed by atoms with Crippen molar-refractivity contribution in [1.82, 2.24) is 14.5 Å². The van der Waals surface area contributed by atoms with Gasteiger partial charge in [0.15, 0.2) is 0 Å². The number of halogens is 3. The number of piperidine rings is 1. The van der Waals surface area contributed by atoms with E-state index in [1.165, 1.54) is 18.2 Å². The molecule has 0 bridgehead atoms. The third-order valence-electron chi connectivity index (χ3n) is 6.17. The van der Waals surface area contributed by atoms with E-state index >= 15 is 0 Å². The molecule has 1 aromatic heterocycles. The fourth-order valence-electron chi connectivity index (χ4n) is 4.62. The zero-order chi connectivity index (χ0) is 25.5. The van der Waals surface area contributed by atoms with Gasteiger partial charge in [-0.15, -0.1) is 0 Å². The minimum absolute atomic E-state index is 0.00853. The molecule has 1 saturated heterocycles. The molecule has 3 atom stereocenters. The number of alkyl halides is 3. The molecule has 0 radical (unpaired) electrons. The molecule has 0 spiro atoms. The van der Waals surface area contributed by atoms with Crippen LogP contribution in [0.4, 0.5) is 18.0 Å². The Morgan fingerprint density at radius 1 is 1.17 bits per heavy atom. The third-order valence-corrected chi connectivity index (χ3v) is 11.2. The van der Waals surface area contributed by atoms with Crippen LogP contribution in [-0.4, -0.2) is 64.8 Å². The van der Waals surface area contributed by atoms with Crippen molar-refractivity contribution in [3.8, 4) is 5.75 Å². The Morgan fingerprint density at radius 2 is 1.86 bits per heavy atom. The van der Waals surface area contributed by atoms with Crippen molar-refractivity contribution >= 4 is 25.3 Å². The van der Waals surface area contributed by atoms with Crippen molar-refractivity contribution in [2.75, 3.05) is 13.1 Å². The van der Waals surface area contributed by atoms with Crippen LogP contribution < -0.4 is 4.74 Å². The molecule has 11 heteroatoms. The standard InChI is InChI=1S/C24H29AsF3N3O4/c1-23(2,3)35-22(33)31-11-18-17(19(18)12-31)10-25(21(32)20-13-30(4)14-29-20)9-15-6-5-7-16(8-15)34-24(26,27)28/h5-8,13-14,17-19H,9-12H2,1-4H3. The Kier molecular flexibility index (Phi) is 6.97. The minimum atomic E-state index is -4.77. The molecule has 1 aromatic carbocycles. The maximum absolute atomic E-state index is 13.4. The number of imidazole rings is 1. The second-order valence-corrected chi connectivity index (χ2v) is 14.7. The number of hydrogen-bond acceptors (Lipinski definition) is 5. The molecule has 7 nitrogen and oxygen atoms in total. The summed E-state index contributed by atoms with van der Waals surface area (Å²) in [6, 6.07) is 5.86. The normalized spacial score (nSPS) is 22.5. The van der Waals surface area contributed by atoms with Gasteiger partial charge in [-0.05, 0) is 0 Å². The third kappa shape index (κ3) is 6.60. The van der Waals surface area contributed by atoms with Crippen molar-refractivity contribution in [3.63, 3.8) is 0 Å². The van der Waals surface area contributed by atoms with Gasteiger partial charge in [-0.1, -0.05) is 0 Å². The number of amides is 1. The molecule has 0 N–H and O–H groups in total. The number of rotatable bonds is 7. The zero-order valence-electron chi connectivity index (χ0n) is 20.1. The van der Waals surface area contributed by atoms with Crippen LogP contribution >= 0.6 is 0 Å². The number of aromatic nitrogens is 2. The van der Waals surface area contributed by atoms with Crippen molar-refractivity contribution < 1.29 is 32.2 Å². The molecular weight excluding hydrogens is 526 g/mol. The summed E-state index contributed by atoms with van der Waals surface area (Å²) in [6.45, 7) is 6.72. The molecule has 190 valence electrons. The summed E-state index contributed by atoms with van der Waals surface area (Å²) in [7, 11) is 1.79. The maximum atomic E-state index is 13.4. The fraction of sp³-hybridized carbons (Fsp3) is 0.542. The first-order chi connectivity index (χ1) is 16.3. The Bertz CT molecular complexity index is 1090. The second kappa shape index (κ2) is 9.52. The molecule has 2 fully saturated rings. The van der Waals surface area contributed by atoms with Crippen molar-refractivity contribution in [2.45, 2.75) is 43.2 Å². The van der Waals surface area contributed by atoms with Gasteiger partial charge in [0.25, 0.3) is 0 Å². The molecule has 1 aliphatic carbocycles. The quantitative estimate of drug-likeness (QED) is 0.473. The molecule has 1 aliphatic heterocycles. The van der Waals surface area contributed by atoms with Crippen LogP contribution in [0.15, 0.2) is 36.8 Å². The second-order valence-electron chi connectivity index (χ2n) is 10.2. The van der Waals surface area contributed by atoms with Crippen molar-refractivity contribution in [3.05, 3.63) is 48.0 Å². The number of carbonyl (C=O) groups is 2. The van der Waals surface area contributed by atoms with Crippen LogP contribution in [0, 0.1) is 17.8 Å². The van der Waals surface area contributed by atoms with E-state index in [1.807, 2.05) is 20.8 Å². The van der Waals surface area contributed by atoms with Gasteiger partial charge in [0.1, 0.15) is 0 Å². The number of likely N-dealkylation sites (tertiary alicyclic amines) is 1. The van der Waals surface area contributed by atoms with Gasteiger partial charge in [0.2, 0.25) is 0 Å². The van der Waals surface area contributed by atoms with Gasteiger partial charge >= 0.3 is 207 Å². The molecular formula is C24H29AsF3N3O4. The summed E-state index contributed by atoms with van der Waals surface area (Å²) in [4.78, 5) is 31.7. The number of carbonyl (C=O) groups excluding carboxylic acids is 2. The van der Waals surface area contributed by atoms with Gasteiger partial charge < -0.3 is 0 Å². The zero-order valence-corrected chi connectivity index (χ0v) is 22.0. The van der Waals surface area contributed by atoms with Gasteiger partial charge in [-0.2, -0.15) is 0 Å². The van der Waals surface area contributed by atoms with Crippen LogP contribution in [0.3, 0.4) is 0 Å². The molecule has 35 heavy (non-hydrogen) atoms. The first-order valence-electron chi connectivity index (χ1n) is 11.4. The summed E-state index contributed by atoms with van der Waals surface area (Å²) in [5.74, 6) is 0.702. The summed E-state index contributed by atoms with van der Waals surface area (Å²) < 4.78 is 49.2. The number of fused-ring (bicyclic) bond motifs is 1. The van der Waals surface area contributed by atoms with Crippen molar-refractivity contribution in [1.29, 1.82) is 0 Å². The monoisotopic (exact) mass is 555 g/mol. The number of aryl methyl sites for hydroxylation is 1. The van der Waals surface area contributed by atoms with Gasteiger partial charge in [0.05, 0.1) is 0 Å². The van der Waals surface area contributed by atoms with Gasteiger partial charge in [-0.25, -0.2) is 0 Å². The number of nitrogens with zero attached hydrogens (tertiary/aromatic N) is 3. The van der Waals surface area contributed by atoms with Crippen LogP contribution in [0.1, 0.15) is 36.8 Å². The predicted octanol–water partition coefficient (Wildman–Crippen LogP) is 4.43. The molecule has 3 unspecified atom stereocenters. The van der Waals surface area contributed by atoms with E-state index in [2.05, 4.69) is 9.72 Å². The van der Waals surface area contributed by atoms with E-state index < -0.39 is 26.6 Å². The van der Waals surface area contributed by atoms with Crippen LogP contribution in [0.2, 0.25) is 5.21 Å². The van der Waals surface area contributed by atoms with E-state index in [0.717, 1.165) is 5.21 Å². The molecule has 2 aliphatic rings. The number of ether oxygens (including phenoxy) is 2. The van der Waals surface area contributed by atoms with Gasteiger partial charge in [-0.3, -0.25) is 0 Å². The van der Waals surface area contributed by atoms with E-state index in [0.29, 0.717) is 47.3 Å². The Morgan fingerprint density at radius 3 is 2.43 bits per heavy atom. The molecule has 1 amide bonds. The topological polar surface area (TPSA) is 73.7 Å².